The maximum atomic E-state index is 12.3. The number of aromatic carboxylic acids is 2. The van der Waals surface area contributed by atoms with Gasteiger partial charge >= 0.3 is 18.0 Å². The lowest BCUT2D eigenvalue weighted by molar-refractivity contribution is 0.0696. The highest BCUT2D eigenvalue weighted by Crippen LogP contribution is 2.30. The Labute approximate surface area is 137 Å². The van der Waals surface area contributed by atoms with Crippen molar-refractivity contribution in [1.82, 2.24) is 0 Å². The van der Waals surface area contributed by atoms with Crippen LogP contribution in [0.3, 0.4) is 0 Å². The largest absolute Gasteiger partial charge is 0.478 e. The van der Waals surface area contributed by atoms with Gasteiger partial charge in [0.1, 0.15) is 0 Å². The molecule has 0 aliphatic heterocycles. The second-order valence-electron chi connectivity index (χ2n) is 4.71. The van der Waals surface area contributed by atoms with E-state index in [0.29, 0.717) is 5.69 Å². The van der Waals surface area contributed by atoms with Crippen LogP contribution >= 0.6 is 0 Å². The van der Waals surface area contributed by atoms with Crippen molar-refractivity contribution in [3.05, 3.63) is 59.7 Å². The summed E-state index contributed by atoms with van der Waals surface area (Å²) in [6, 6.07) is 11.9. The van der Waals surface area contributed by atoms with Crippen LogP contribution in [0, 0.1) is 0 Å². The Morgan fingerprint density at radius 1 is 1.00 bits per heavy atom. The summed E-state index contributed by atoms with van der Waals surface area (Å²) in [4.78, 5) is 36.0. The van der Waals surface area contributed by atoms with Crippen molar-refractivity contribution in [3.63, 3.8) is 0 Å². The molecular weight excluding hydrogens is 314 g/mol. The molecule has 0 aliphatic rings. The summed E-state index contributed by atoms with van der Waals surface area (Å²) in [7, 11) is 0. The Kier molecular flexibility index (Phi) is 5.16. The molecule has 0 saturated carbocycles. The lowest BCUT2D eigenvalue weighted by Gasteiger charge is -2.23. The fourth-order valence-electron chi connectivity index (χ4n) is 2.14. The van der Waals surface area contributed by atoms with Crippen LogP contribution in [0.15, 0.2) is 48.5 Å². The Morgan fingerprint density at radius 2 is 1.67 bits per heavy atom. The highest BCUT2D eigenvalue weighted by molar-refractivity contribution is 6.05. The first kappa shape index (κ1) is 17.0. The van der Waals surface area contributed by atoms with Crippen LogP contribution in [0.5, 0.6) is 0 Å². The van der Waals surface area contributed by atoms with Gasteiger partial charge < -0.3 is 14.9 Å². The Morgan fingerprint density at radius 3 is 2.21 bits per heavy atom. The minimum Gasteiger partial charge on any atom is -0.478 e. The normalized spacial score (nSPS) is 10.0. The van der Waals surface area contributed by atoms with Crippen LogP contribution < -0.4 is 4.90 Å². The minimum atomic E-state index is -1.35. The van der Waals surface area contributed by atoms with Crippen molar-refractivity contribution in [2.75, 3.05) is 11.5 Å². The zero-order valence-electron chi connectivity index (χ0n) is 12.8. The molecular formula is C17H15NO6. The third-order valence-electron chi connectivity index (χ3n) is 3.18. The van der Waals surface area contributed by atoms with Crippen LogP contribution in [0.25, 0.3) is 0 Å². The first-order chi connectivity index (χ1) is 11.5. The first-order valence-corrected chi connectivity index (χ1v) is 7.08. The van der Waals surface area contributed by atoms with E-state index in [-0.39, 0.29) is 23.4 Å². The number of benzene rings is 2. The van der Waals surface area contributed by atoms with E-state index in [4.69, 9.17) is 9.84 Å². The summed E-state index contributed by atoms with van der Waals surface area (Å²) >= 11 is 0. The molecule has 7 heteroatoms. The molecule has 0 spiro atoms. The smallest absolute Gasteiger partial charge is 0.418 e. The van der Waals surface area contributed by atoms with Gasteiger partial charge in [-0.2, -0.15) is 0 Å². The summed E-state index contributed by atoms with van der Waals surface area (Å²) in [5, 5.41) is 18.4. The first-order valence-electron chi connectivity index (χ1n) is 7.08. The van der Waals surface area contributed by atoms with Gasteiger partial charge in [0.25, 0.3) is 0 Å². The van der Waals surface area contributed by atoms with Gasteiger partial charge in [-0.05, 0) is 37.3 Å². The number of anilines is 2. The van der Waals surface area contributed by atoms with Gasteiger partial charge in [-0.3, -0.25) is 0 Å². The number of para-hydroxylation sites is 1. The Balaban J connectivity index is 2.63. The van der Waals surface area contributed by atoms with Crippen molar-refractivity contribution in [3.8, 4) is 0 Å². The van der Waals surface area contributed by atoms with Gasteiger partial charge in [-0.25, -0.2) is 19.3 Å². The second-order valence-corrected chi connectivity index (χ2v) is 4.71. The maximum Gasteiger partial charge on any atom is 0.418 e. The van der Waals surface area contributed by atoms with E-state index < -0.39 is 18.0 Å². The zero-order chi connectivity index (χ0) is 17.7. The van der Waals surface area contributed by atoms with Crippen LogP contribution in [-0.4, -0.2) is 34.9 Å². The molecule has 1 amide bonds. The standard InChI is InChI=1S/C17H15NO6/c1-2-24-17(23)18(12-6-4-3-5-7-12)14-9-8-11(15(19)20)10-13(14)16(21)22/h3-10H,2H2,1H3,(H,19,20)(H,21,22). The van der Waals surface area contributed by atoms with Crippen molar-refractivity contribution >= 4 is 29.4 Å². The Bertz CT molecular complexity index is 772. The fourth-order valence-corrected chi connectivity index (χ4v) is 2.14. The number of rotatable bonds is 5. The monoisotopic (exact) mass is 329 g/mol. The summed E-state index contributed by atoms with van der Waals surface area (Å²) in [5.41, 5.74) is -0.0708. The molecule has 0 radical (unpaired) electrons. The molecule has 2 aromatic rings. The minimum absolute atomic E-state index is 0.0251. The fraction of sp³-hybridized carbons (Fsp3) is 0.118. The van der Waals surface area contributed by atoms with Crippen LogP contribution in [0.4, 0.5) is 16.2 Å². The van der Waals surface area contributed by atoms with Gasteiger partial charge in [0.15, 0.2) is 0 Å². The van der Waals surface area contributed by atoms with Crippen molar-refractivity contribution in [2.45, 2.75) is 6.92 Å². The Hall–Kier alpha value is -3.35. The van der Waals surface area contributed by atoms with Crippen LogP contribution in [0.1, 0.15) is 27.6 Å². The molecule has 24 heavy (non-hydrogen) atoms. The molecule has 2 aromatic carbocycles. The van der Waals surface area contributed by atoms with Gasteiger partial charge in [0.05, 0.1) is 29.1 Å². The highest BCUT2D eigenvalue weighted by atomic mass is 16.6. The van der Waals surface area contributed by atoms with E-state index in [2.05, 4.69) is 0 Å². The number of amides is 1. The SMILES string of the molecule is CCOC(=O)N(c1ccccc1)c1ccc(C(=O)O)cc1C(=O)O. The number of carbonyl (C=O) groups excluding carboxylic acids is 1. The van der Waals surface area contributed by atoms with E-state index in [1.165, 1.54) is 12.1 Å². The number of ether oxygens (including phenoxy) is 1. The highest BCUT2D eigenvalue weighted by Gasteiger charge is 2.25. The molecule has 0 aliphatic carbocycles. The van der Waals surface area contributed by atoms with Crippen molar-refractivity contribution in [2.24, 2.45) is 0 Å². The molecule has 0 saturated heterocycles. The van der Waals surface area contributed by atoms with Crippen molar-refractivity contribution < 1.29 is 29.3 Å². The molecule has 7 nitrogen and oxygen atoms in total. The lowest BCUT2D eigenvalue weighted by Crippen LogP contribution is -2.28. The second kappa shape index (κ2) is 7.28. The molecule has 2 rings (SSSR count). The van der Waals surface area contributed by atoms with Gasteiger partial charge in [0, 0.05) is 0 Å². The number of nitrogens with zero attached hydrogens (tertiary/aromatic N) is 1. The number of carboxylic acids is 2. The lowest BCUT2D eigenvalue weighted by atomic mass is 10.1. The number of carbonyl (C=O) groups is 3. The summed E-state index contributed by atoms with van der Waals surface area (Å²) in [6.45, 7) is 1.74. The van der Waals surface area contributed by atoms with Gasteiger partial charge in [0.2, 0.25) is 0 Å². The third kappa shape index (κ3) is 3.52. The van der Waals surface area contributed by atoms with Crippen LogP contribution in [0.2, 0.25) is 0 Å². The molecule has 0 atom stereocenters. The van der Waals surface area contributed by atoms with Gasteiger partial charge in [-0.1, -0.05) is 18.2 Å². The molecule has 2 N–H and O–H groups in total. The van der Waals surface area contributed by atoms with Crippen LogP contribution in [-0.2, 0) is 4.74 Å². The number of hydrogen-bond acceptors (Lipinski definition) is 4. The molecule has 0 unspecified atom stereocenters. The molecule has 124 valence electrons. The summed E-state index contributed by atoms with van der Waals surface area (Å²) < 4.78 is 5.00. The topological polar surface area (TPSA) is 104 Å². The maximum absolute atomic E-state index is 12.3. The zero-order valence-corrected chi connectivity index (χ0v) is 12.8. The van der Waals surface area contributed by atoms with Gasteiger partial charge in [-0.15, -0.1) is 0 Å². The predicted octanol–water partition coefficient (Wildman–Crippen LogP) is 3.38. The average Bonchev–Trinajstić information content (AvgIpc) is 2.56. The molecule has 0 aromatic heterocycles. The quantitative estimate of drug-likeness (QED) is 0.871. The number of hydrogen-bond donors (Lipinski definition) is 2. The molecule has 0 bridgehead atoms. The molecule has 0 fully saturated rings. The summed E-state index contributed by atoms with van der Waals surface area (Å²) in [5.74, 6) is -2.61. The summed E-state index contributed by atoms with van der Waals surface area (Å²) in [6.07, 6.45) is -0.755. The third-order valence-corrected chi connectivity index (χ3v) is 3.18. The number of carboxylic acid groups (broad SMARTS) is 2. The van der Waals surface area contributed by atoms with Crippen molar-refractivity contribution in [1.29, 1.82) is 0 Å². The van der Waals surface area contributed by atoms with E-state index in [0.717, 1.165) is 11.0 Å². The van der Waals surface area contributed by atoms with E-state index in [1.54, 1.807) is 37.3 Å². The van der Waals surface area contributed by atoms with E-state index in [1.807, 2.05) is 0 Å². The molecule has 0 heterocycles. The average molecular weight is 329 g/mol. The predicted molar refractivity (Wildman–Crippen MR) is 86.0 cm³/mol. The van der Waals surface area contributed by atoms with E-state index in [9.17, 15) is 19.5 Å². The van der Waals surface area contributed by atoms with E-state index >= 15 is 0 Å².